The van der Waals surface area contributed by atoms with Gasteiger partial charge in [0.15, 0.2) is 0 Å². The number of pyridine rings is 1. The normalized spacial score (nSPS) is 10.9. The van der Waals surface area contributed by atoms with E-state index in [1.54, 1.807) is 0 Å². The number of hydrogen-bond acceptors (Lipinski definition) is 1. The van der Waals surface area contributed by atoms with Crippen molar-refractivity contribution in [3.05, 3.63) is 102 Å². The summed E-state index contributed by atoms with van der Waals surface area (Å²) in [7, 11) is 0. The Labute approximate surface area is 142 Å². The van der Waals surface area contributed by atoms with Gasteiger partial charge in [-0.15, -0.1) is 0 Å². The average Bonchev–Trinajstić information content (AvgIpc) is 2.63. The lowest BCUT2D eigenvalue weighted by molar-refractivity contribution is 1.17. The molecule has 1 heterocycles. The van der Waals surface area contributed by atoms with E-state index >= 15 is 0 Å². The molecular formula is C23H19N. The van der Waals surface area contributed by atoms with E-state index in [0.29, 0.717) is 0 Å². The smallest absolute Gasteiger partial charge is 0.0747 e. The van der Waals surface area contributed by atoms with Crippen LogP contribution in [0, 0.1) is 6.92 Å². The van der Waals surface area contributed by atoms with Gasteiger partial charge in [-0.1, -0.05) is 72.8 Å². The molecule has 24 heavy (non-hydrogen) atoms. The van der Waals surface area contributed by atoms with Gasteiger partial charge in [-0.3, -0.25) is 0 Å². The van der Waals surface area contributed by atoms with Crippen molar-refractivity contribution in [2.24, 2.45) is 0 Å². The number of aryl methyl sites for hydroxylation is 1. The lowest BCUT2D eigenvalue weighted by atomic mass is 9.95. The lowest BCUT2D eigenvalue weighted by Crippen LogP contribution is -1.97. The first-order chi connectivity index (χ1) is 11.8. The third kappa shape index (κ3) is 2.81. The Morgan fingerprint density at radius 2 is 1.46 bits per heavy atom. The molecule has 1 nitrogen and oxygen atoms in total. The standard InChI is InChI=1S/C23H19N/c1-17-9-5-7-13-21(17)23-20(15-18-10-3-2-4-11-18)16-19-12-6-8-14-22(19)24-23/h2-14,16H,15H2,1H3. The van der Waals surface area contributed by atoms with Gasteiger partial charge in [0.2, 0.25) is 0 Å². The predicted molar refractivity (Wildman–Crippen MR) is 101 cm³/mol. The summed E-state index contributed by atoms with van der Waals surface area (Å²) in [5.41, 5.74) is 7.20. The van der Waals surface area contributed by atoms with E-state index in [9.17, 15) is 0 Å². The van der Waals surface area contributed by atoms with E-state index in [4.69, 9.17) is 4.98 Å². The lowest BCUT2D eigenvalue weighted by Gasteiger charge is -2.13. The molecule has 0 amide bonds. The summed E-state index contributed by atoms with van der Waals surface area (Å²) in [6.07, 6.45) is 0.891. The Morgan fingerprint density at radius 1 is 0.750 bits per heavy atom. The van der Waals surface area contributed by atoms with Gasteiger partial charge in [0, 0.05) is 10.9 Å². The summed E-state index contributed by atoms with van der Waals surface area (Å²) in [4.78, 5) is 5.00. The van der Waals surface area contributed by atoms with Crippen LogP contribution in [0.2, 0.25) is 0 Å². The molecule has 4 aromatic rings. The molecule has 0 saturated heterocycles. The quantitative estimate of drug-likeness (QED) is 0.466. The molecule has 116 valence electrons. The first-order valence-corrected chi connectivity index (χ1v) is 8.30. The second kappa shape index (κ2) is 6.29. The predicted octanol–water partition coefficient (Wildman–Crippen LogP) is 5.80. The Hall–Kier alpha value is -2.93. The van der Waals surface area contributed by atoms with Crippen molar-refractivity contribution in [2.75, 3.05) is 0 Å². The van der Waals surface area contributed by atoms with Crippen molar-refractivity contribution in [2.45, 2.75) is 13.3 Å². The van der Waals surface area contributed by atoms with Crippen molar-refractivity contribution in [3.63, 3.8) is 0 Å². The first kappa shape index (κ1) is 14.6. The van der Waals surface area contributed by atoms with Crippen molar-refractivity contribution >= 4 is 10.9 Å². The number of aromatic nitrogens is 1. The van der Waals surface area contributed by atoms with Crippen molar-refractivity contribution < 1.29 is 0 Å². The van der Waals surface area contributed by atoms with Crippen LogP contribution in [-0.2, 0) is 6.42 Å². The molecule has 4 rings (SSSR count). The fraction of sp³-hybridized carbons (Fsp3) is 0.0870. The minimum Gasteiger partial charge on any atom is -0.247 e. The molecule has 0 fully saturated rings. The van der Waals surface area contributed by atoms with Crippen molar-refractivity contribution in [1.29, 1.82) is 0 Å². The number of hydrogen-bond donors (Lipinski definition) is 0. The van der Waals surface area contributed by atoms with Crippen LogP contribution in [0.1, 0.15) is 16.7 Å². The maximum atomic E-state index is 5.00. The van der Waals surface area contributed by atoms with E-state index in [1.165, 1.54) is 27.6 Å². The Balaban J connectivity index is 1.92. The molecule has 0 aliphatic carbocycles. The van der Waals surface area contributed by atoms with Crippen molar-refractivity contribution in [1.82, 2.24) is 4.98 Å². The number of nitrogens with zero attached hydrogens (tertiary/aromatic N) is 1. The number of para-hydroxylation sites is 1. The molecule has 1 aromatic heterocycles. The summed E-state index contributed by atoms with van der Waals surface area (Å²) in [5, 5.41) is 1.20. The second-order valence-electron chi connectivity index (χ2n) is 6.17. The highest BCUT2D eigenvalue weighted by Crippen LogP contribution is 2.29. The van der Waals surface area contributed by atoms with E-state index in [1.807, 2.05) is 6.07 Å². The summed E-state index contributed by atoms with van der Waals surface area (Å²) < 4.78 is 0. The highest BCUT2D eigenvalue weighted by molar-refractivity contribution is 5.84. The molecule has 3 aromatic carbocycles. The zero-order valence-corrected chi connectivity index (χ0v) is 13.7. The van der Waals surface area contributed by atoms with Crippen LogP contribution >= 0.6 is 0 Å². The van der Waals surface area contributed by atoms with Crippen LogP contribution in [0.25, 0.3) is 22.2 Å². The number of rotatable bonds is 3. The number of benzene rings is 3. The molecule has 0 spiro atoms. The zero-order valence-electron chi connectivity index (χ0n) is 13.7. The second-order valence-corrected chi connectivity index (χ2v) is 6.17. The third-order valence-electron chi connectivity index (χ3n) is 4.44. The highest BCUT2D eigenvalue weighted by Gasteiger charge is 2.11. The van der Waals surface area contributed by atoms with Gasteiger partial charge in [-0.2, -0.15) is 0 Å². The van der Waals surface area contributed by atoms with Crippen LogP contribution in [0.4, 0.5) is 0 Å². The molecule has 0 bridgehead atoms. The molecule has 0 saturated carbocycles. The minimum absolute atomic E-state index is 0.891. The van der Waals surface area contributed by atoms with E-state index in [0.717, 1.165) is 17.6 Å². The highest BCUT2D eigenvalue weighted by atomic mass is 14.7. The molecular weight excluding hydrogens is 290 g/mol. The fourth-order valence-electron chi connectivity index (χ4n) is 3.18. The Morgan fingerprint density at radius 3 is 2.29 bits per heavy atom. The topological polar surface area (TPSA) is 12.9 Å². The van der Waals surface area contributed by atoms with Gasteiger partial charge >= 0.3 is 0 Å². The fourth-order valence-corrected chi connectivity index (χ4v) is 3.18. The maximum absolute atomic E-state index is 5.00. The molecule has 0 radical (unpaired) electrons. The van der Waals surface area contributed by atoms with Gasteiger partial charge < -0.3 is 0 Å². The van der Waals surface area contributed by atoms with Gasteiger partial charge in [0.05, 0.1) is 11.2 Å². The minimum atomic E-state index is 0.891. The SMILES string of the molecule is Cc1ccccc1-c1nc2ccccc2cc1Cc1ccccc1. The van der Waals surface area contributed by atoms with Gasteiger partial charge in [-0.05, 0) is 42.2 Å². The molecule has 0 unspecified atom stereocenters. The molecule has 0 aliphatic heterocycles. The van der Waals surface area contributed by atoms with Gasteiger partial charge in [-0.25, -0.2) is 4.98 Å². The van der Waals surface area contributed by atoms with E-state index in [2.05, 4.69) is 85.8 Å². The largest absolute Gasteiger partial charge is 0.247 e. The van der Waals surface area contributed by atoms with Crippen LogP contribution < -0.4 is 0 Å². The molecule has 0 aliphatic rings. The van der Waals surface area contributed by atoms with Crippen molar-refractivity contribution in [3.8, 4) is 11.3 Å². The Kier molecular flexibility index (Phi) is 3.84. The first-order valence-electron chi connectivity index (χ1n) is 8.30. The average molecular weight is 309 g/mol. The summed E-state index contributed by atoms with van der Waals surface area (Å²) in [6, 6.07) is 29.7. The van der Waals surface area contributed by atoms with Crippen LogP contribution in [0.5, 0.6) is 0 Å². The summed E-state index contributed by atoms with van der Waals surface area (Å²) >= 11 is 0. The van der Waals surface area contributed by atoms with Crippen LogP contribution in [0.15, 0.2) is 84.9 Å². The third-order valence-corrected chi connectivity index (χ3v) is 4.44. The van der Waals surface area contributed by atoms with E-state index in [-0.39, 0.29) is 0 Å². The van der Waals surface area contributed by atoms with E-state index < -0.39 is 0 Å². The number of fused-ring (bicyclic) bond motifs is 1. The van der Waals surface area contributed by atoms with Crippen LogP contribution in [0.3, 0.4) is 0 Å². The van der Waals surface area contributed by atoms with Gasteiger partial charge in [0.1, 0.15) is 0 Å². The maximum Gasteiger partial charge on any atom is 0.0747 e. The zero-order chi connectivity index (χ0) is 16.4. The Bertz CT molecular complexity index is 987. The van der Waals surface area contributed by atoms with Crippen LogP contribution in [-0.4, -0.2) is 4.98 Å². The van der Waals surface area contributed by atoms with Gasteiger partial charge in [0.25, 0.3) is 0 Å². The molecule has 0 N–H and O–H groups in total. The monoisotopic (exact) mass is 309 g/mol. The summed E-state index contributed by atoms with van der Waals surface area (Å²) in [6.45, 7) is 2.15. The molecule has 1 heteroatoms. The molecule has 0 atom stereocenters. The summed E-state index contributed by atoms with van der Waals surface area (Å²) in [5.74, 6) is 0.